The lowest BCUT2D eigenvalue weighted by Gasteiger charge is -2.40. The van der Waals surface area contributed by atoms with E-state index in [0.29, 0.717) is 19.3 Å². The Morgan fingerprint density at radius 2 is 0.938 bits per heavy atom. The summed E-state index contributed by atoms with van der Waals surface area (Å²) in [7, 11) is 0. The zero-order valence-corrected chi connectivity index (χ0v) is 41.7. The Hall–Kier alpha value is -1.41. The molecule has 1 rings (SSSR count). The number of hydrogen-bond acceptors (Lipinski definition) is 10. The summed E-state index contributed by atoms with van der Waals surface area (Å²) in [6, 6.07) is -1.16. The molecule has 0 spiro atoms. The summed E-state index contributed by atoms with van der Waals surface area (Å²) >= 11 is 0. The summed E-state index contributed by atoms with van der Waals surface area (Å²) in [6.45, 7) is 3.37. The number of carbonyl (C=O) groups is 1. The zero-order valence-electron chi connectivity index (χ0n) is 41.7. The fourth-order valence-corrected chi connectivity index (χ4v) is 8.77. The van der Waals surface area contributed by atoms with Crippen LogP contribution in [0.1, 0.15) is 245 Å². The van der Waals surface area contributed by atoms with Crippen molar-refractivity contribution >= 4 is 5.91 Å². The number of nitrogens with one attached hydrogen (secondary N) is 1. The SMILES string of the molecule is CCCCCCCCCCC/C=C\C/C=C\CCCCCCCCCCCCCCCCCCC(O)C(=O)NC(COC1OC(CO)C(O)C(O)C1O)C(O)C(O)CCCCCCCC. The van der Waals surface area contributed by atoms with E-state index >= 15 is 0 Å². The molecule has 1 aliphatic heterocycles. The van der Waals surface area contributed by atoms with Crippen molar-refractivity contribution in [3.8, 4) is 0 Å². The van der Waals surface area contributed by atoms with Gasteiger partial charge < -0.3 is 50.5 Å². The number of allylic oxidation sites excluding steroid dienone is 4. The summed E-state index contributed by atoms with van der Waals surface area (Å²) in [5.74, 6) is -0.699. The van der Waals surface area contributed by atoms with Gasteiger partial charge in [0.25, 0.3) is 0 Å². The van der Waals surface area contributed by atoms with Crippen LogP contribution >= 0.6 is 0 Å². The summed E-state index contributed by atoms with van der Waals surface area (Å²) in [4.78, 5) is 13.1. The van der Waals surface area contributed by atoms with E-state index in [1.807, 2.05) is 0 Å². The van der Waals surface area contributed by atoms with Gasteiger partial charge in [0.1, 0.15) is 36.6 Å². The van der Waals surface area contributed by atoms with Crippen molar-refractivity contribution in [3.05, 3.63) is 24.3 Å². The van der Waals surface area contributed by atoms with Crippen LogP contribution in [0.4, 0.5) is 0 Å². The Kier molecular flexibility index (Phi) is 41.6. The van der Waals surface area contributed by atoms with Crippen molar-refractivity contribution in [2.24, 2.45) is 0 Å². The first-order chi connectivity index (χ1) is 31.7. The van der Waals surface area contributed by atoms with E-state index in [1.54, 1.807) is 0 Å². The predicted molar refractivity (Wildman–Crippen MR) is 266 cm³/mol. The lowest BCUT2D eigenvalue weighted by atomic mass is 9.98. The average molecular weight is 926 g/mol. The van der Waals surface area contributed by atoms with Crippen molar-refractivity contribution in [2.75, 3.05) is 13.2 Å². The molecule has 8 N–H and O–H groups in total. The van der Waals surface area contributed by atoms with E-state index < -0.39 is 74.2 Å². The van der Waals surface area contributed by atoms with E-state index in [2.05, 4.69) is 43.5 Å². The molecule has 1 fully saturated rings. The second-order valence-corrected chi connectivity index (χ2v) is 19.3. The first kappa shape index (κ1) is 61.6. The molecule has 0 aliphatic carbocycles. The quantitative estimate of drug-likeness (QED) is 0.0216. The van der Waals surface area contributed by atoms with Gasteiger partial charge in [0, 0.05) is 0 Å². The van der Waals surface area contributed by atoms with Gasteiger partial charge in [-0.1, -0.05) is 224 Å². The monoisotopic (exact) mass is 926 g/mol. The first-order valence-electron chi connectivity index (χ1n) is 27.2. The molecular weight excluding hydrogens is 823 g/mol. The summed E-state index contributed by atoms with van der Waals surface area (Å²) in [5, 5.41) is 75.4. The zero-order chi connectivity index (χ0) is 47.6. The van der Waals surface area contributed by atoms with Crippen molar-refractivity contribution in [3.63, 3.8) is 0 Å². The van der Waals surface area contributed by atoms with Crippen molar-refractivity contribution in [1.82, 2.24) is 5.32 Å². The lowest BCUT2D eigenvalue weighted by molar-refractivity contribution is -0.303. The molecule has 1 amide bonds. The molecule has 0 aromatic rings. The number of hydrogen-bond donors (Lipinski definition) is 8. The maximum Gasteiger partial charge on any atom is 0.249 e. The molecule has 1 aliphatic rings. The average Bonchev–Trinajstić information content (AvgIpc) is 3.31. The Morgan fingerprint density at radius 1 is 0.538 bits per heavy atom. The van der Waals surface area contributed by atoms with Crippen LogP contribution in [0.5, 0.6) is 0 Å². The van der Waals surface area contributed by atoms with Gasteiger partial charge in [-0.3, -0.25) is 4.79 Å². The highest BCUT2D eigenvalue weighted by Gasteiger charge is 2.44. The lowest BCUT2D eigenvalue weighted by Crippen LogP contribution is -2.60. The molecule has 11 nitrogen and oxygen atoms in total. The van der Waals surface area contributed by atoms with E-state index in [1.165, 1.54) is 148 Å². The summed E-state index contributed by atoms with van der Waals surface area (Å²) in [5.41, 5.74) is 0. The molecule has 1 saturated heterocycles. The molecule has 1 heterocycles. The van der Waals surface area contributed by atoms with Crippen LogP contribution < -0.4 is 5.32 Å². The minimum absolute atomic E-state index is 0.261. The first-order valence-corrected chi connectivity index (χ1v) is 27.2. The normalized spacial score (nSPS) is 21.0. The summed E-state index contributed by atoms with van der Waals surface area (Å²) in [6.07, 6.45) is 40.2. The molecule has 0 radical (unpaired) electrons. The fraction of sp³-hybridized carbons (Fsp3) is 0.907. The number of ether oxygens (including phenoxy) is 2. The maximum absolute atomic E-state index is 13.1. The Morgan fingerprint density at radius 3 is 1.37 bits per heavy atom. The van der Waals surface area contributed by atoms with Crippen LogP contribution in [-0.4, -0.2) is 110 Å². The Balaban J connectivity index is 2.12. The Bertz CT molecular complexity index is 1110. The van der Waals surface area contributed by atoms with Gasteiger partial charge in [-0.25, -0.2) is 0 Å². The van der Waals surface area contributed by atoms with Crippen LogP contribution in [0.3, 0.4) is 0 Å². The molecule has 0 aromatic carbocycles. The van der Waals surface area contributed by atoms with Crippen LogP contribution in [0.2, 0.25) is 0 Å². The standard InChI is InChI=1S/C54H103NO10/c1-3-5-7-9-11-12-13-14-15-16-17-18-19-20-21-22-23-24-25-26-27-28-29-30-31-32-33-34-35-36-38-40-42-47(58)53(63)55-45(49(59)46(57)41-39-37-10-8-6-4-2)44-64-54-52(62)51(61)50(60)48(43-56)65-54/h17-18,20-21,45-52,54,56-62H,3-16,19,22-44H2,1-2H3,(H,55,63)/b18-17-,21-20-. The molecule has 384 valence electrons. The van der Waals surface area contributed by atoms with Gasteiger partial charge >= 0.3 is 0 Å². The van der Waals surface area contributed by atoms with Crippen LogP contribution in [-0.2, 0) is 14.3 Å². The van der Waals surface area contributed by atoms with Gasteiger partial charge in [-0.15, -0.1) is 0 Å². The van der Waals surface area contributed by atoms with Crippen LogP contribution in [0.25, 0.3) is 0 Å². The second kappa shape index (κ2) is 43.8. The van der Waals surface area contributed by atoms with Gasteiger partial charge in [0.05, 0.1) is 25.4 Å². The van der Waals surface area contributed by atoms with Crippen molar-refractivity contribution in [1.29, 1.82) is 0 Å². The molecule has 65 heavy (non-hydrogen) atoms. The molecule has 0 bridgehead atoms. The van der Waals surface area contributed by atoms with Crippen LogP contribution in [0.15, 0.2) is 24.3 Å². The minimum Gasteiger partial charge on any atom is -0.394 e. The third-order valence-corrected chi connectivity index (χ3v) is 13.3. The molecule has 0 saturated carbocycles. The molecule has 9 atom stereocenters. The topological polar surface area (TPSA) is 189 Å². The molecular formula is C54H103NO10. The number of rotatable bonds is 46. The highest BCUT2D eigenvalue weighted by atomic mass is 16.7. The largest absolute Gasteiger partial charge is 0.394 e. The van der Waals surface area contributed by atoms with Crippen molar-refractivity contribution < 1.29 is 50.0 Å². The summed E-state index contributed by atoms with van der Waals surface area (Å²) < 4.78 is 11.0. The van der Waals surface area contributed by atoms with E-state index in [-0.39, 0.29) is 6.42 Å². The molecule has 9 unspecified atom stereocenters. The fourth-order valence-electron chi connectivity index (χ4n) is 8.77. The third-order valence-electron chi connectivity index (χ3n) is 13.3. The van der Waals surface area contributed by atoms with Gasteiger partial charge in [0.15, 0.2) is 6.29 Å². The van der Waals surface area contributed by atoms with Gasteiger partial charge in [-0.05, 0) is 44.9 Å². The highest BCUT2D eigenvalue weighted by Crippen LogP contribution is 2.23. The Labute approximate surface area is 397 Å². The van der Waals surface area contributed by atoms with E-state index in [4.69, 9.17) is 9.47 Å². The van der Waals surface area contributed by atoms with Crippen molar-refractivity contribution in [2.45, 2.75) is 300 Å². The minimum atomic E-state index is -1.66. The second-order valence-electron chi connectivity index (χ2n) is 19.3. The predicted octanol–water partition coefficient (Wildman–Crippen LogP) is 10.6. The number of amides is 1. The maximum atomic E-state index is 13.1. The van der Waals surface area contributed by atoms with Gasteiger partial charge in [-0.2, -0.15) is 0 Å². The smallest absolute Gasteiger partial charge is 0.249 e. The third kappa shape index (κ3) is 32.9. The van der Waals surface area contributed by atoms with Gasteiger partial charge in [0.2, 0.25) is 5.91 Å². The molecule has 0 aromatic heterocycles. The number of unbranched alkanes of at least 4 members (excludes halogenated alkanes) is 30. The van der Waals surface area contributed by atoms with E-state index in [9.17, 15) is 40.5 Å². The molecule has 11 heteroatoms. The number of aliphatic hydroxyl groups is 7. The van der Waals surface area contributed by atoms with Crippen LogP contribution in [0, 0.1) is 0 Å². The number of aliphatic hydroxyl groups excluding tert-OH is 7. The number of carbonyl (C=O) groups excluding carboxylic acids is 1. The van der Waals surface area contributed by atoms with E-state index in [0.717, 1.165) is 57.8 Å². The highest BCUT2D eigenvalue weighted by molar-refractivity contribution is 5.80.